The Morgan fingerprint density at radius 3 is 2.39 bits per heavy atom. The number of para-hydroxylation sites is 1. The van der Waals surface area contributed by atoms with Crippen LogP contribution in [0.3, 0.4) is 0 Å². The van der Waals surface area contributed by atoms with E-state index in [0.717, 1.165) is 5.56 Å². The lowest BCUT2D eigenvalue weighted by Gasteiger charge is -2.07. The first-order chi connectivity index (χ1) is 13.7. The van der Waals surface area contributed by atoms with E-state index in [4.69, 9.17) is 4.74 Å². The summed E-state index contributed by atoms with van der Waals surface area (Å²) in [6, 6.07) is 18.8. The predicted octanol–water partition coefficient (Wildman–Crippen LogP) is 3.67. The van der Waals surface area contributed by atoms with Crippen LogP contribution in [0.25, 0.3) is 11.3 Å². The van der Waals surface area contributed by atoms with Crippen molar-refractivity contribution in [3.8, 4) is 17.0 Å². The smallest absolute Gasteiger partial charge is 0.262 e. The Bertz CT molecular complexity index is 930. The van der Waals surface area contributed by atoms with E-state index in [-0.39, 0.29) is 24.2 Å². The summed E-state index contributed by atoms with van der Waals surface area (Å²) in [6.45, 7) is -0.100. The number of amides is 2. The highest BCUT2D eigenvalue weighted by atomic mass is 32.2. The molecule has 6 nitrogen and oxygen atoms in total. The zero-order valence-corrected chi connectivity index (χ0v) is 16.8. The summed E-state index contributed by atoms with van der Waals surface area (Å²) >= 11 is 2.67. The SMILES string of the molecule is CNC(=O)CSc1nc(-c2ccccc2)c(NC(=O)COc2ccccc2)s1. The van der Waals surface area contributed by atoms with Gasteiger partial charge in [0.1, 0.15) is 16.4 Å². The van der Waals surface area contributed by atoms with Crippen molar-refractivity contribution in [3.63, 3.8) is 0 Å². The second-order valence-corrected chi connectivity index (χ2v) is 7.86. The highest BCUT2D eigenvalue weighted by molar-refractivity contribution is 8.01. The Labute approximate surface area is 171 Å². The Kier molecular flexibility index (Phi) is 7.05. The van der Waals surface area contributed by atoms with Crippen LogP contribution in [0, 0.1) is 0 Å². The number of ether oxygens (including phenoxy) is 1. The fraction of sp³-hybridized carbons (Fsp3) is 0.150. The molecule has 0 spiro atoms. The highest BCUT2D eigenvalue weighted by Gasteiger charge is 2.17. The van der Waals surface area contributed by atoms with Gasteiger partial charge in [0.2, 0.25) is 5.91 Å². The minimum absolute atomic E-state index is 0.0803. The number of nitrogens with one attached hydrogen (secondary N) is 2. The average Bonchev–Trinajstić information content (AvgIpc) is 3.14. The number of carbonyl (C=O) groups is 2. The number of hydrogen-bond acceptors (Lipinski definition) is 6. The summed E-state index contributed by atoms with van der Waals surface area (Å²) in [7, 11) is 1.60. The topological polar surface area (TPSA) is 80.3 Å². The third-order valence-electron chi connectivity index (χ3n) is 3.63. The van der Waals surface area contributed by atoms with E-state index < -0.39 is 0 Å². The minimum atomic E-state index is -0.271. The zero-order chi connectivity index (χ0) is 19.8. The molecule has 1 aromatic heterocycles. The number of hydrogen-bond donors (Lipinski definition) is 2. The minimum Gasteiger partial charge on any atom is -0.484 e. The molecule has 3 aromatic rings. The molecule has 0 aliphatic carbocycles. The van der Waals surface area contributed by atoms with Gasteiger partial charge in [0, 0.05) is 12.6 Å². The van der Waals surface area contributed by atoms with Crippen molar-refractivity contribution in [1.82, 2.24) is 10.3 Å². The Hall–Kier alpha value is -2.84. The van der Waals surface area contributed by atoms with Gasteiger partial charge in [0.15, 0.2) is 10.9 Å². The molecule has 1 heterocycles. The van der Waals surface area contributed by atoms with Crippen LogP contribution >= 0.6 is 23.1 Å². The maximum absolute atomic E-state index is 12.4. The Morgan fingerprint density at radius 2 is 1.71 bits per heavy atom. The molecule has 0 aliphatic rings. The molecule has 8 heteroatoms. The van der Waals surface area contributed by atoms with E-state index in [1.807, 2.05) is 48.5 Å². The lowest BCUT2D eigenvalue weighted by atomic mass is 10.2. The first kappa shape index (κ1) is 19.9. The van der Waals surface area contributed by atoms with E-state index in [2.05, 4.69) is 15.6 Å². The van der Waals surface area contributed by atoms with Gasteiger partial charge in [-0.3, -0.25) is 9.59 Å². The fourth-order valence-electron chi connectivity index (χ4n) is 2.27. The van der Waals surface area contributed by atoms with Gasteiger partial charge in [0.25, 0.3) is 5.91 Å². The number of anilines is 1. The van der Waals surface area contributed by atoms with E-state index >= 15 is 0 Å². The molecule has 0 bridgehead atoms. The average molecular weight is 414 g/mol. The number of thiazole rings is 1. The predicted molar refractivity (Wildman–Crippen MR) is 113 cm³/mol. The third-order valence-corrected chi connectivity index (χ3v) is 5.74. The molecule has 2 amide bonds. The maximum atomic E-state index is 12.4. The van der Waals surface area contributed by atoms with Gasteiger partial charge in [-0.2, -0.15) is 0 Å². The van der Waals surface area contributed by atoms with Crippen LogP contribution in [0.5, 0.6) is 5.75 Å². The standard InChI is InChI=1S/C20H19N3O3S2/c1-21-17(25)13-27-20-23-18(14-8-4-2-5-9-14)19(28-20)22-16(24)12-26-15-10-6-3-7-11-15/h2-11H,12-13H2,1H3,(H,21,25)(H,22,24). The van der Waals surface area contributed by atoms with Crippen LogP contribution in [-0.2, 0) is 9.59 Å². The third kappa shape index (κ3) is 5.58. The molecule has 2 N–H and O–H groups in total. The molecule has 0 saturated carbocycles. The summed E-state index contributed by atoms with van der Waals surface area (Å²) in [5, 5.41) is 6.09. The number of rotatable bonds is 8. The lowest BCUT2D eigenvalue weighted by molar-refractivity contribution is -0.118. The number of thioether (sulfide) groups is 1. The van der Waals surface area contributed by atoms with Crippen molar-refractivity contribution >= 4 is 39.9 Å². The van der Waals surface area contributed by atoms with Gasteiger partial charge in [0.05, 0.1) is 5.75 Å². The maximum Gasteiger partial charge on any atom is 0.262 e. The summed E-state index contributed by atoms with van der Waals surface area (Å²) in [5.41, 5.74) is 1.57. The summed E-state index contributed by atoms with van der Waals surface area (Å²) in [6.07, 6.45) is 0. The van der Waals surface area contributed by atoms with Crippen LogP contribution in [-0.4, -0.2) is 36.2 Å². The monoisotopic (exact) mass is 413 g/mol. The van der Waals surface area contributed by atoms with Crippen molar-refractivity contribution in [3.05, 3.63) is 60.7 Å². The molecule has 2 aromatic carbocycles. The molecule has 0 fully saturated rings. The fourth-order valence-corrected chi connectivity index (χ4v) is 4.22. The van der Waals surface area contributed by atoms with Crippen LogP contribution in [0.1, 0.15) is 0 Å². The molecule has 0 aliphatic heterocycles. The molecule has 28 heavy (non-hydrogen) atoms. The van der Waals surface area contributed by atoms with Gasteiger partial charge < -0.3 is 15.4 Å². The Morgan fingerprint density at radius 1 is 1.04 bits per heavy atom. The van der Waals surface area contributed by atoms with Crippen molar-refractivity contribution < 1.29 is 14.3 Å². The van der Waals surface area contributed by atoms with Gasteiger partial charge in [-0.1, -0.05) is 71.6 Å². The number of aromatic nitrogens is 1. The normalized spacial score (nSPS) is 10.3. The number of nitrogens with zero attached hydrogens (tertiary/aromatic N) is 1. The van der Waals surface area contributed by atoms with Gasteiger partial charge in [-0.05, 0) is 12.1 Å². The highest BCUT2D eigenvalue weighted by Crippen LogP contribution is 2.37. The Balaban J connectivity index is 1.73. The molecule has 0 atom stereocenters. The van der Waals surface area contributed by atoms with E-state index in [9.17, 15) is 9.59 Å². The molecule has 144 valence electrons. The molecule has 0 unspecified atom stereocenters. The molecule has 0 saturated heterocycles. The van der Waals surface area contributed by atoms with E-state index in [0.29, 0.717) is 20.8 Å². The van der Waals surface area contributed by atoms with Gasteiger partial charge in [-0.25, -0.2) is 4.98 Å². The second-order valence-electron chi connectivity index (χ2n) is 5.64. The first-order valence-corrected chi connectivity index (χ1v) is 10.3. The van der Waals surface area contributed by atoms with Crippen molar-refractivity contribution in [1.29, 1.82) is 0 Å². The molecule has 3 rings (SSSR count). The van der Waals surface area contributed by atoms with E-state index in [1.54, 1.807) is 19.2 Å². The van der Waals surface area contributed by atoms with Gasteiger partial charge >= 0.3 is 0 Å². The second kappa shape index (κ2) is 9.91. The zero-order valence-electron chi connectivity index (χ0n) is 15.2. The van der Waals surface area contributed by atoms with Gasteiger partial charge in [-0.15, -0.1) is 0 Å². The number of carbonyl (C=O) groups excluding carboxylic acids is 2. The summed E-state index contributed by atoms with van der Waals surface area (Å²) in [4.78, 5) is 28.5. The number of benzene rings is 2. The summed E-state index contributed by atoms with van der Waals surface area (Å²) < 4.78 is 6.21. The van der Waals surface area contributed by atoms with Crippen LogP contribution in [0.4, 0.5) is 5.00 Å². The molecular formula is C20H19N3O3S2. The molecule has 0 radical (unpaired) electrons. The summed E-state index contributed by atoms with van der Waals surface area (Å²) in [5.74, 6) is 0.547. The molecular weight excluding hydrogens is 394 g/mol. The largest absolute Gasteiger partial charge is 0.484 e. The van der Waals surface area contributed by atoms with Crippen molar-refractivity contribution in [2.24, 2.45) is 0 Å². The van der Waals surface area contributed by atoms with Crippen LogP contribution < -0.4 is 15.4 Å². The van der Waals surface area contributed by atoms with Crippen molar-refractivity contribution in [2.75, 3.05) is 24.7 Å². The van der Waals surface area contributed by atoms with Crippen LogP contribution in [0.2, 0.25) is 0 Å². The first-order valence-electron chi connectivity index (χ1n) is 8.53. The lowest BCUT2D eigenvalue weighted by Crippen LogP contribution is -2.19. The van der Waals surface area contributed by atoms with Crippen molar-refractivity contribution in [2.45, 2.75) is 4.34 Å². The van der Waals surface area contributed by atoms with Crippen LogP contribution in [0.15, 0.2) is 65.0 Å². The van der Waals surface area contributed by atoms with E-state index in [1.165, 1.54) is 23.1 Å². The quantitative estimate of drug-likeness (QED) is 0.551.